The van der Waals surface area contributed by atoms with Crippen LogP contribution in [0.1, 0.15) is 25.1 Å². The van der Waals surface area contributed by atoms with Crippen LogP contribution >= 0.6 is 24.0 Å². The number of hydrogen-bond acceptors (Lipinski definition) is 4. The molecule has 1 aromatic heterocycles. The van der Waals surface area contributed by atoms with Crippen molar-refractivity contribution >= 4 is 36.0 Å². The van der Waals surface area contributed by atoms with E-state index in [1.807, 2.05) is 26.1 Å². The monoisotopic (exact) mass is 475 g/mol. The summed E-state index contributed by atoms with van der Waals surface area (Å²) >= 11 is 0. The summed E-state index contributed by atoms with van der Waals surface area (Å²) in [5, 5.41) is 3.34. The minimum Gasteiger partial charge on any atom is -0.450 e. The first-order chi connectivity index (χ1) is 12.1. The Labute approximate surface area is 173 Å². The van der Waals surface area contributed by atoms with Gasteiger partial charge in [-0.25, -0.2) is 4.79 Å². The first-order valence-electron chi connectivity index (χ1n) is 9.00. The second-order valence-corrected chi connectivity index (χ2v) is 5.97. The van der Waals surface area contributed by atoms with Gasteiger partial charge in [0.05, 0.1) is 6.61 Å². The maximum Gasteiger partial charge on any atom is 0.409 e. The van der Waals surface area contributed by atoms with Crippen molar-refractivity contribution in [3.05, 3.63) is 29.6 Å². The molecule has 0 saturated carbocycles. The molecule has 2 rings (SSSR count). The average Bonchev–Trinajstić information content (AvgIpc) is 2.63. The van der Waals surface area contributed by atoms with Crippen LogP contribution in [0.2, 0.25) is 0 Å². The van der Waals surface area contributed by atoms with E-state index in [9.17, 15) is 4.79 Å². The topological polar surface area (TPSA) is 70.1 Å². The number of aryl methyl sites for hydroxylation is 1. The van der Waals surface area contributed by atoms with E-state index in [1.165, 1.54) is 5.56 Å². The van der Waals surface area contributed by atoms with E-state index in [1.54, 1.807) is 4.90 Å². The van der Waals surface area contributed by atoms with Gasteiger partial charge in [-0.3, -0.25) is 9.98 Å². The van der Waals surface area contributed by atoms with Crippen molar-refractivity contribution in [2.24, 2.45) is 4.99 Å². The van der Waals surface area contributed by atoms with E-state index >= 15 is 0 Å². The number of nitrogens with zero attached hydrogens (tertiary/aromatic N) is 4. The smallest absolute Gasteiger partial charge is 0.409 e. The van der Waals surface area contributed by atoms with Crippen molar-refractivity contribution in [2.75, 3.05) is 45.9 Å². The molecule has 1 N–H and O–H groups in total. The minimum atomic E-state index is -0.226. The molecule has 26 heavy (non-hydrogen) atoms. The van der Waals surface area contributed by atoms with Gasteiger partial charge in [0.25, 0.3) is 0 Å². The zero-order chi connectivity index (χ0) is 18.1. The third-order valence-electron chi connectivity index (χ3n) is 4.07. The van der Waals surface area contributed by atoms with Crippen LogP contribution in [0.5, 0.6) is 0 Å². The normalized spacial score (nSPS) is 14.7. The average molecular weight is 475 g/mol. The molecule has 0 atom stereocenters. The van der Waals surface area contributed by atoms with E-state index in [4.69, 9.17) is 9.73 Å². The van der Waals surface area contributed by atoms with Gasteiger partial charge in [0.2, 0.25) is 0 Å². The van der Waals surface area contributed by atoms with E-state index < -0.39 is 0 Å². The van der Waals surface area contributed by atoms with Gasteiger partial charge >= 0.3 is 6.09 Å². The number of carbonyl (C=O) groups excluding carboxylic acids is 1. The van der Waals surface area contributed by atoms with Crippen LogP contribution in [0.25, 0.3) is 0 Å². The SMILES string of the molecule is CCNC(=NCCc1ccc(C)nc1)N1CCN(C(=O)OCC)CC1.I. The number of piperazine rings is 1. The molecule has 1 aliphatic heterocycles. The van der Waals surface area contributed by atoms with Gasteiger partial charge in [-0.05, 0) is 38.8 Å². The number of nitrogens with one attached hydrogen (secondary N) is 1. The van der Waals surface area contributed by atoms with Gasteiger partial charge in [0.1, 0.15) is 0 Å². The van der Waals surface area contributed by atoms with Crippen LogP contribution in [0.4, 0.5) is 4.79 Å². The molecule has 0 spiro atoms. The highest BCUT2D eigenvalue weighted by molar-refractivity contribution is 14.0. The lowest BCUT2D eigenvalue weighted by Crippen LogP contribution is -2.54. The molecular formula is C18H30IN5O2. The number of hydrogen-bond donors (Lipinski definition) is 1. The predicted molar refractivity (Wildman–Crippen MR) is 114 cm³/mol. The Morgan fingerprint density at radius 1 is 1.23 bits per heavy atom. The number of pyridine rings is 1. The maximum absolute atomic E-state index is 11.8. The zero-order valence-electron chi connectivity index (χ0n) is 15.9. The van der Waals surface area contributed by atoms with Crippen LogP contribution in [0.15, 0.2) is 23.3 Å². The Hall–Kier alpha value is -1.58. The Morgan fingerprint density at radius 3 is 2.50 bits per heavy atom. The molecule has 146 valence electrons. The summed E-state index contributed by atoms with van der Waals surface area (Å²) in [4.78, 5) is 24.8. The van der Waals surface area contributed by atoms with Crippen molar-refractivity contribution in [1.82, 2.24) is 20.1 Å². The lowest BCUT2D eigenvalue weighted by molar-refractivity contribution is 0.0914. The van der Waals surface area contributed by atoms with Crippen LogP contribution in [0, 0.1) is 6.92 Å². The number of carbonyl (C=O) groups is 1. The Kier molecular flexibility index (Phi) is 10.3. The molecule has 0 unspecified atom stereocenters. The summed E-state index contributed by atoms with van der Waals surface area (Å²) in [5.41, 5.74) is 2.22. The highest BCUT2D eigenvalue weighted by Crippen LogP contribution is 2.05. The Balaban J connectivity index is 0.00000338. The van der Waals surface area contributed by atoms with Crippen molar-refractivity contribution in [3.63, 3.8) is 0 Å². The van der Waals surface area contributed by atoms with Gasteiger partial charge in [-0.15, -0.1) is 24.0 Å². The van der Waals surface area contributed by atoms with Gasteiger partial charge in [0, 0.05) is 51.2 Å². The molecule has 0 bridgehead atoms. The summed E-state index contributed by atoms with van der Waals surface area (Å²) in [6.45, 7) is 10.7. The number of aromatic nitrogens is 1. The van der Waals surface area contributed by atoms with Gasteiger partial charge in [-0.1, -0.05) is 6.07 Å². The van der Waals surface area contributed by atoms with E-state index in [-0.39, 0.29) is 30.1 Å². The lowest BCUT2D eigenvalue weighted by atomic mass is 10.2. The quantitative estimate of drug-likeness (QED) is 0.402. The molecule has 1 aromatic rings. The third kappa shape index (κ3) is 6.97. The summed E-state index contributed by atoms with van der Waals surface area (Å²) in [7, 11) is 0. The zero-order valence-corrected chi connectivity index (χ0v) is 18.2. The molecule has 1 fully saturated rings. The fourth-order valence-electron chi connectivity index (χ4n) is 2.68. The van der Waals surface area contributed by atoms with Gasteiger partial charge in [0.15, 0.2) is 5.96 Å². The fourth-order valence-corrected chi connectivity index (χ4v) is 2.68. The number of rotatable bonds is 5. The number of aliphatic imine (C=N–C) groups is 1. The van der Waals surface area contributed by atoms with Crippen molar-refractivity contribution in [3.8, 4) is 0 Å². The van der Waals surface area contributed by atoms with Crippen LogP contribution in [-0.2, 0) is 11.2 Å². The highest BCUT2D eigenvalue weighted by atomic mass is 127. The van der Waals surface area contributed by atoms with Gasteiger partial charge in [-0.2, -0.15) is 0 Å². The summed E-state index contributed by atoms with van der Waals surface area (Å²) in [6, 6.07) is 4.13. The molecule has 0 aromatic carbocycles. The lowest BCUT2D eigenvalue weighted by Gasteiger charge is -2.35. The number of amides is 1. The summed E-state index contributed by atoms with van der Waals surface area (Å²) in [6.07, 6.45) is 2.55. The van der Waals surface area contributed by atoms with Crippen molar-refractivity contribution in [2.45, 2.75) is 27.2 Å². The van der Waals surface area contributed by atoms with Gasteiger partial charge < -0.3 is 19.9 Å². The van der Waals surface area contributed by atoms with E-state index in [0.29, 0.717) is 26.2 Å². The molecule has 7 nitrogen and oxygen atoms in total. The van der Waals surface area contributed by atoms with E-state index in [0.717, 1.165) is 37.7 Å². The van der Waals surface area contributed by atoms with Crippen LogP contribution in [0.3, 0.4) is 0 Å². The molecule has 1 amide bonds. The molecule has 0 aliphatic carbocycles. The Morgan fingerprint density at radius 2 is 1.92 bits per heavy atom. The fraction of sp³-hybridized carbons (Fsp3) is 0.611. The predicted octanol–water partition coefficient (Wildman–Crippen LogP) is 2.29. The largest absolute Gasteiger partial charge is 0.450 e. The first-order valence-corrected chi connectivity index (χ1v) is 9.00. The molecule has 1 saturated heterocycles. The molecular weight excluding hydrogens is 445 g/mol. The molecule has 2 heterocycles. The second-order valence-electron chi connectivity index (χ2n) is 5.97. The summed E-state index contributed by atoms with van der Waals surface area (Å²) in [5.74, 6) is 0.908. The first kappa shape index (κ1) is 22.5. The molecule has 0 radical (unpaired) electrons. The van der Waals surface area contributed by atoms with Crippen LogP contribution < -0.4 is 5.32 Å². The van der Waals surface area contributed by atoms with E-state index in [2.05, 4.69) is 28.2 Å². The Bertz CT molecular complexity index is 571. The number of ether oxygens (including phenoxy) is 1. The van der Waals surface area contributed by atoms with Crippen LogP contribution in [-0.4, -0.2) is 72.7 Å². The number of guanidine groups is 1. The minimum absolute atomic E-state index is 0. The maximum atomic E-state index is 11.8. The second kappa shape index (κ2) is 11.9. The molecule has 8 heteroatoms. The van der Waals surface area contributed by atoms with Crippen molar-refractivity contribution < 1.29 is 9.53 Å². The number of halogens is 1. The van der Waals surface area contributed by atoms with Crippen molar-refractivity contribution in [1.29, 1.82) is 0 Å². The molecule has 1 aliphatic rings. The highest BCUT2D eigenvalue weighted by Gasteiger charge is 2.23. The standard InChI is InChI=1S/C18H29N5O2.HI/c1-4-19-17(20-9-8-16-7-6-15(3)21-14-16)22-10-12-23(13-11-22)18(24)25-5-2;/h6-7,14H,4-5,8-13H2,1-3H3,(H,19,20);1H. The summed E-state index contributed by atoms with van der Waals surface area (Å²) < 4.78 is 5.06. The third-order valence-corrected chi connectivity index (χ3v) is 4.07.